The minimum absolute atomic E-state index is 0.434. The summed E-state index contributed by atoms with van der Waals surface area (Å²) in [5, 5.41) is 3.91. The lowest BCUT2D eigenvalue weighted by atomic mass is 9.98. The summed E-state index contributed by atoms with van der Waals surface area (Å²) in [5.74, 6) is 1.05. The van der Waals surface area contributed by atoms with E-state index in [4.69, 9.17) is 4.74 Å². The van der Waals surface area contributed by atoms with Gasteiger partial charge in [0.15, 0.2) is 0 Å². The van der Waals surface area contributed by atoms with Gasteiger partial charge in [0.2, 0.25) is 0 Å². The van der Waals surface area contributed by atoms with Crippen LogP contribution >= 0.6 is 15.9 Å². The Morgan fingerprint density at radius 3 is 2.90 bits per heavy atom. The van der Waals surface area contributed by atoms with E-state index in [1.807, 2.05) is 0 Å². The topological polar surface area (TPSA) is 21.3 Å². The van der Waals surface area contributed by atoms with Gasteiger partial charge in [-0.2, -0.15) is 0 Å². The molecule has 0 fully saturated rings. The lowest BCUT2D eigenvalue weighted by molar-refractivity contribution is 0.312. The fourth-order valence-electron chi connectivity index (χ4n) is 3.11. The predicted molar refractivity (Wildman–Crippen MR) is 93.0 cm³/mol. The Labute approximate surface area is 137 Å². The van der Waals surface area contributed by atoms with Crippen LogP contribution in [0.3, 0.4) is 0 Å². The van der Waals surface area contributed by atoms with Crippen molar-refractivity contribution in [2.75, 3.05) is 6.61 Å². The van der Waals surface area contributed by atoms with Crippen LogP contribution in [-0.4, -0.2) is 12.6 Å². The maximum Gasteiger partial charge on any atom is 0.125 e. The molecule has 0 saturated carbocycles. The Hall–Kier alpha value is -0.540. The van der Waals surface area contributed by atoms with E-state index < -0.39 is 0 Å². The zero-order chi connectivity index (χ0) is 15.1. The molecule has 2 nitrogen and oxygen atoms in total. The molecule has 0 amide bonds. The first-order valence-electron chi connectivity index (χ1n) is 8.42. The van der Waals surface area contributed by atoms with Gasteiger partial charge in [-0.25, -0.2) is 0 Å². The van der Waals surface area contributed by atoms with Crippen molar-refractivity contribution in [3.05, 3.63) is 28.2 Å². The van der Waals surface area contributed by atoms with Crippen LogP contribution in [0.2, 0.25) is 0 Å². The van der Waals surface area contributed by atoms with E-state index >= 15 is 0 Å². The molecule has 0 bridgehead atoms. The molecule has 1 aromatic rings. The molecule has 1 aliphatic heterocycles. The van der Waals surface area contributed by atoms with E-state index in [1.165, 1.54) is 44.1 Å². The summed E-state index contributed by atoms with van der Waals surface area (Å²) < 4.78 is 7.01. The average Bonchev–Trinajstić information content (AvgIpc) is 2.67. The normalized spacial score (nSPS) is 19.5. The van der Waals surface area contributed by atoms with Gasteiger partial charge in [-0.15, -0.1) is 0 Å². The number of hydrogen-bond donors (Lipinski definition) is 1. The highest BCUT2D eigenvalue weighted by atomic mass is 79.9. The SMILES string of the molecule is CCCCC(CCC)NC1CCCOc2cc(Br)ccc21. The van der Waals surface area contributed by atoms with Gasteiger partial charge in [0.1, 0.15) is 5.75 Å². The molecule has 21 heavy (non-hydrogen) atoms. The second kappa shape index (κ2) is 8.79. The number of nitrogens with one attached hydrogen (secondary N) is 1. The van der Waals surface area contributed by atoms with Crippen molar-refractivity contribution >= 4 is 15.9 Å². The van der Waals surface area contributed by atoms with Gasteiger partial charge in [-0.3, -0.25) is 0 Å². The molecule has 1 aromatic carbocycles. The van der Waals surface area contributed by atoms with Gasteiger partial charge >= 0.3 is 0 Å². The van der Waals surface area contributed by atoms with E-state index in [0.29, 0.717) is 12.1 Å². The lowest BCUT2D eigenvalue weighted by Gasteiger charge is -2.26. The summed E-state index contributed by atoms with van der Waals surface area (Å²) in [6.45, 7) is 5.38. The molecule has 0 radical (unpaired) electrons. The van der Waals surface area contributed by atoms with Crippen LogP contribution in [0.25, 0.3) is 0 Å². The number of halogens is 1. The van der Waals surface area contributed by atoms with Crippen molar-refractivity contribution in [3.8, 4) is 5.75 Å². The van der Waals surface area contributed by atoms with Crippen molar-refractivity contribution in [1.82, 2.24) is 5.32 Å². The van der Waals surface area contributed by atoms with Crippen molar-refractivity contribution in [2.24, 2.45) is 0 Å². The summed E-state index contributed by atoms with van der Waals surface area (Å²) in [6, 6.07) is 7.52. The fraction of sp³-hybridized carbons (Fsp3) is 0.667. The Bertz CT molecular complexity index is 435. The molecule has 0 aromatic heterocycles. The first-order chi connectivity index (χ1) is 10.2. The van der Waals surface area contributed by atoms with E-state index in [-0.39, 0.29) is 0 Å². The standard InChI is InChI=1S/C18H28BrNO/c1-3-5-8-15(7-4-2)20-17-9-6-12-21-18-13-14(19)10-11-16(17)18/h10-11,13,15,17,20H,3-9,12H2,1-2H3. The molecule has 3 heteroatoms. The predicted octanol–water partition coefficient (Wildman–Crippen LogP) is 5.61. The van der Waals surface area contributed by atoms with Crippen LogP contribution in [0.1, 0.15) is 70.4 Å². The van der Waals surface area contributed by atoms with Crippen LogP contribution < -0.4 is 10.1 Å². The summed E-state index contributed by atoms with van der Waals surface area (Å²) in [4.78, 5) is 0. The Balaban J connectivity index is 2.10. The molecular weight excluding hydrogens is 326 g/mol. The maximum atomic E-state index is 5.91. The lowest BCUT2D eigenvalue weighted by Crippen LogP contribution is -2.32. The van der Waals surface area contributed by atoms with Gasteiger partial charge in [0, 0.05) is 22.1 Å². The van der Waals surface area contributed by atoms with Crippen LogP contribution in [0.4, 0.5) is 0 Å². The Morgan fingerprint density at radius 1 is 1.29 bits per heavy atom. The zero-order valence-corrected chi connectivity index (χ0v) is 14.9. The third-order valence-electron chi connectivity index (χ3n) is 4.23. The van der Waals surface area contributed by atoms with Crippen LogP contribution in [0, 0.1) is 0 Å². The molecule has 0 saturated heterocycles. The third kappa shape index (κ3) is 5.00. The molecular formula is C18H28BrNO. The molecule has 0 spiro atoms. The number of rotatable bonds is 7. The number of hydrogen-bond acceptors (Lipinski definition) is 2. The quantitative estimate of drug-likeness (QED) is 0.687. The van der Waals surface area contributed by atoms with Gasteiger partial charge < -0.3 is 10.1 Å². The monoisotopic (exact) mass is 353 g/mol. The highest BCUT2D eigenvalue weighted by Gasteiger charge is 2.22. The molecule has 1 N–H and O–H groups in total. The molecule has 1 heterocycles. The molecule has 2 atom stereocenters. The van der Waals surface area contributed by atoms with Crippen molar-refractivity contribution in [1.29, 1.82) is 0 Å². The van der Waals surface area contributed by atoms with E-state index in [0.717, 1.165) is 23.2 Å². The second-order valence-corrected chi connectivity index (χ2v) is 6.94. The van der Waals surface area contributed by atoms with Crippen molar-refractivity contribution in [3.63, 3.8) is 0 Å². The van der Waals surface area contributed by atoms with Gasteiger partial charge in [-0.05, 0) is 37.8 Å². The molecule has 2 unspecified atom stereocenters. The smallest absolute Gasteiger partial charge is 0.125 e. The Kier molecular flexibility index (Phi) is 7.05. The van der Waals surface area contributed by atoms with Crippen molar-refractivity contribution in [2.45, 2.75) is 70.9 Å². The van der Waals surface area contributed by atoms with E-state index in [2.05, 4.69) is 53.3 Å². The highest BCUT2D eigenvalue weighted by Crippen LogP contribution is 2.34. The maximum absolute atomic E-state index is 5.91. The second-order valence-electron chi connectivity index (χ2n) is 6.02. The molecule has 1 aliphatic rings. The average molecular weight is 354 g/mol. The van der Waals surface area contributed by atoms with Crippen LogP contribution in [0.5, 0.6) is 5.75 Å². The number of fused-ring (bicyclic) bond motifs is 1. The molecule has 0 aliphatic carbocycles. The van der Waals surface area contributed by atoms with Gasteiger partial charge in [0.25, 0.3) is 0 Å². The third-order valence-corrected chi connectivity index (χ3v) is 4.72. The van der Waals surface area contributed by atoms with E-state index in [9.17, 15) is 0 Å². The summed E-state index contributed by atoms with van der Waals surface area (Å²) >= 11 is 3.55. The molecule has 118 valence electrons. The van der Waals surface area contributed by atoms with Crippen LogP contribution in [0.15, 0.2) is 22.7 Å². The molecule has 2 rings (SSSR count). The number of benzene rings is 1. The summed E-state index contributed by atoms with van der Waals surface area (Å²) in [6.07, 6.45) is 8.68. The highest BCUT2D eigenvalue weighted by molar-refractivity contribution is 9.10. The van der Waals surface area contributed by atoms with Crippen LogP contribution in [-0.2, 0) is 0 Å². The van der Waals surface area contributed by atoms with E-state index in [1.54, 1.807) is 0 Å². The first kappa shape index (κ1) is 16.8. The minimum Gasteiger partial charge on any atom is -0.493 e. The number of ether oxygens (including phenoxy) is 1. The van der Waals surface area contributed by atoms with Gasteiger partial charge in [-0.1, -0.05) is 55.1 Å². The number of unbranched alkanes of at least 4 members (excludes halogenated alkanes) is 1. The zero-order valence-electron chi connectivity index (χ0n) is 13.3. The van der Waals surface area contributed by atoms with Gasteiger partial charge in [0.05, 0.1) is 6.61 Å². The first-order valence-corrected chi connectivity index (χ1v) is 9.22. The summed E-state index contributed by atoms with van der Waals surface area (Å²) in [7, 11) is 0. The van der Waals surface area contributed by atoms with Crippen molar-refractivity contribution < 1.29 is 4.74 Å². The fourth-order valence-corrected chi connectivity index (χ4v) is 3.45. The Morgan fingerprint density at radius 2 is 2.14 bits per heavy atom. The minimum atomic E-state index is 0.434. The summed E-state index contributed by atoms with van der Waals surface area (Å²) in [5.41, 5.74) is 1.33. The largest absolute Gasteiger partial charge is 0.493 e.